The second kappa shape index (κ2) is 3.94. The lowest BCUT2D eigenvalue weighted by Gasteiger charge is -2.09. The molecule has 0 aromatic heterocycles. The molecular weight excluding hydrogens is 164 g/mol. The van der Waals surface area contributed by atoms with E-state index in [-0.39, 0.29) is 11.8 Å². The topological polar surface area (TPSA) is 69.1 Å². The predicted molar refractivity (Wildman–Crippen MR) is 53.1 cm³/mol. The Kier molecular flexibility index (Phi) is 2.90. The van der Waals surface area contributed by atoms with Gasteiger partial charge in [0.1, 0.15) is 0 Å². The number of carbonyl (C=O) groups is 1. The molecule has 0 spiro atoms. The summed E-state index contributed by atoms with van der Waals surface area (Å²) in [6, 6.07) is 7.49. The normalized spacial score (nSPS) is 12.4. The number of nitrogen functional groups attached to an aromatic ring is 1. The third-order valence-electron chi connectivity index (χ3n) is 2.01. The molecule has 1 atom stereocenters. The number of anilines is 1. The summed E-state index contributed by atoms with van der Waals surface area (Å²) in [5, 5.41) is 0. The van der Waals surface area contributed by atoms with Crippen LogP contribution in [0.15, 0.2) is 24.3 Å². The maximum absolute atomic E-state index is 10.6. The van der Waals surface area contributed by atoms with Crippen LogP contribution in [0.1, 0.15) is 24.8 Å². The minimum absolute atomic E-state index is 0.165. The van der Waals surface area contributed by atoms with Crippen molar-refractivity contribution in [3.63, 3.8) is 0 Å². The molecule has 1 amide bonds. The van der Waals surface area contributed by atoms with Crippen LogP contribution in [0.5, 0.6) is 0 Å². The van der Waals surface area contributed by atoms with E-state index in [0.29, 0.717) is 6.42 Å². The number of amides is 1. The fourth-order valence-electron chi connectivity index (χ4n) is 1.24. The average molecular weight is 178 g/mol. The molecule has 4 N–H and O–H groups in total. The number of primary amides is 1. The quantitative estimate of drug-likeness (QED) is 0.684. The molecule has 0 saturated heterocycles. The Labute approximate surface area is 77.7 Å². The number of rotatable bonds is 3. The van der Waals surface area contributed by atoms with E-state index in [1.807, 2.05) is 31.2 Å². The molecule has 0 unspecified atom stereocenters. The van der Waals surface area contributed by atoms with Crippen molar-refractivity contribution in [3.8, 4) is 0 Å². The molecule has 3 nitrogen and oxygen atoms in total. The first-order valence-corrected chi connectivity index (χ1v) is 4.23. The van der Waals surface area contributed by atoms with Gasteiger partial charge < -0.3 is 11.5 Å². The second-order valence-corrected chi connectivity index (χ2v) is 3.24. The van der Waals surface area contributed by atoms with Gasteiger partial charge in [-0.3, -0.25) is 4.79 Å². The molecule has 70 valence electrons. The zero-order valence-electron chi connectivity index (χ0n) is 7.66. The third-order valence-corrected chi connectivity index (χ3v) is 2.01. The van der Waals surface area contributed by atoms with Gasteiger partial charge in [0, 0.05) is 12.1 Å². The number of nitrogens with two attached hydrogens (primary N) is 2. The van der Waals surface area contributed by atoms with Gasteiger partial charge in [0.15, 0.2) is 0 Å². The summed E-state index contributed by atoms with van der Waals surface area (Å²) in [6.45, 7) is 1.97. The summed E-state index contributed by atoms with van der Waals surface area (Å²) in [4.78, 5) is 10.6. The molecule has 13 heavy (non-hydrogen) atoms. The molecule has 0 aliphatic heterocycles. The van der Waals surface area contributed by atoms with Gasteiger partial charge in [-0.2, -0.15) is 0 Å². The number of carbonyl (C=O) groups excluding carboxylic acids is 1. The Hall–Kier alpha value is -1.51. The average Bonchev–Trinajstić information content (AvgIpc) is 2.04. The maximum Gasteiger partial charge on any atom is 0.218 e. The Bertz CT molecular complexity index is 292. The lowest BCUT2D eigenvalue weighted by molar-refractivity contribution is -0.118. The van der Waals surface area contributed by atoms with E-state index in [4.69, 9.17) is 11.5 Å². The summed E-state index contributed by atoms with van der Waals surface area (Å²) in [5.74, 6) is -0.109. The van der Waals surface area contributed by atoms with E-state index in [1.54, 1.807) is 0 Å². The van der Waals surface area contributed by atoms with Gasteiger partial charge in [-0.15, -0.1) is 0 Å². The zero-order chi connectivity index (χ0) is 9.84. The first kappa shape index (κ1) is 9.58. The smallest absolute Gasteiger partial charge is 0.218 e. The van der Waals surface area contributed by atoms with Crippen LogP contribution in [0.25, 0.3) is 0 Å². The summed E-state index contributed by atoms with van der Waals surface area (Å²) >= 11 is 0. The van der Waals surface area contributed by atoms with Crippen molar-refractivity contribution < 1.29 is 4.79 Å². The van der Waals surface area contributed by atoms with E-state index in [2.05, 4.69) is 0 Å². The van der Waals surface area contributed by atoms with E-state index < -0.39 is 0 Å². The van der Waals surface area contributed by atoms with Gasteiger partial charge >= 0.3 is 0 Å². The predicted octanol–water partition coefficient (Wildman–Crippen LogP) is 1.25. The highest BCUT2D eigenvalue weighted by Crippen LogP contribution is 2.19. The van der Waals surface area contributed by atoms with Gasteiger partial charge in [0.2, 0.25) is 5.91 Å². The van der Waals surface area contributed by atoms with Gasteiger partial charge in [-0.25, -0.2) is 0 Å². The van der Waals surface area contributed by atoms with Crippen LogP contribution in [-0.4, -0.2) is 5.91 Å². The zero-order valence-corrected chi connectivity index (χ0v) is 7.66. The van der Waals surface area contributed by atoms with Crippen molar-refractivity contribution in [2.24, 2.45) is 5.73 Å². The highest BCUT2D eigenvalue weighted by atomic mass is 16.1. The Balaban J connectivity index is 2.71. The monoisotopic (exact) mass is 178 g/mol. The fourth-order valence-corrected chi connectivity index (χ4v) is 1.24. The summed E-state index contributed by atoms with van der Waals surface area (Å²) in [7, 11) is 0. The van der Waals surface area contributed by atoms with E-state index in [1.165, 1.54) is 0 Å². The Morgan fingerprint density at radius 2 is 1.92 bits per heavy atom. The summed E-state index contributed by atoms with van der Waals surface area (Å²) in [5.41, 5.74) is 12.5. The Morgan fingerprint density at radius 1 is 1.38 bits per heavy atom. The van der Waals surface area contributed by atoms with Crippen LogP contribution in [-0.2, 0) is 4.79 Å². The van der Waals surface area contributed by atoms with Gasteiger partial charge in [0.25, 0.3) is 0 Å². The van der Waals surface area contributed by atoms with Crippen LogP contribution in [0.3, 0.4) is 0 Å². The molecule has 0 aliphatic rings. The van der Waals surface area contributed by atoms with Crippen molar-refractivity contribution in [3.05, 3.63) is 29.8 Å². The van der Waals surface area contributed by atoms with Crippen molar-refractivity contribution in [2.45, 2.75) is 19.3 Å². The third kappa shape index (κ3) is 2.78. The lowest BCUT2D eigenvalue weighted by atomic mass is 9.97. The molecule has 0 fully saturated rings. The second-order valence-electron chi connectivity index (χ2n) is 3.24. The lowest BCUT2D eigenvalue weighted by Crippen LogP contribution is -2.13. The van der Waals surface area contributed by atoms with E-state index in [0.717, 1.165) is 11.3 Å². The maximum atomic E-state index is 10.6. The molecule has 0 heterocycles. The standard InChI is InChI=1S/C10H14N2O/c1-7(6-10(12)13)8-2-4-9(11)5-3-8/h2-5,7H,6,11H2,1H3,(H2,12,13)/t7-/m1/s1. The molecule has 1 aromatic carbocycles. The van der Waals surface area contributed by atoms with Crippen molar-refractivity contribution in [1.29, 1.82) is 0 Å². The van der Waals surface area contributed by atoms with Crippen LogP contribution in [0, 0.1) is 0 Å². The Morgan fingerprint density at radius 3 is 2.38 bits per heavy atom. The SMILES string of the molecule is C[C@H](CC(N)=O)c1ccc(N)cc1. The van der Waals surface area contributed by atoms with Crippen molar-refractivity contribution in [2.75, 3.05) is 5.73 Å². The van der Waals surface area contributed by atoms with Gasteiger partial charge in [0.05, 0.1) is 0 Å². The largest absolute Gasteiger partial charge is 0.399 e. The summed E-state index contributed by atoms with van der Waals surface area (Å²) < 4.78 is 0. The minimum atomic E-state index is -0.274. The number of hydrogen-bond acceptors (Lipinski definition) is 2. The highest BCUT2D eigenvalue weighted by Gasteiger charge is 2.07. The van der Waals surface area contributed by atoms with Gasteiger partial charge in [-0.05, 0) is 23.6 Å². The van der Waals surface area contributed by atoms with Crippen LogP contribution in [0.4, 0.5) is 5.69 Å². The van der Waals surface area contributed by atoms with E-state index in [9.17, 15) is 4.79 Å². The molecule has 3 heteroatoms. The number of benzene rings is 1. The van der Waals surface area contributed by atoms with Crippen LogP contribution >= 0.6 is 0 Å². The first-order valence-electron chi connectivity index (χ1n) is 4.23. The molecule has 0 bridgehead atoms. The highest BCUT2D eigenvalue weighted by molar-refractivity contribution is 5.74. The number of hydrogen-bond donors (Lipinski definition) is 2. The summed E-state index contributed by atoms with van der Waals surface area (Å²) in [6.07, 6.45) is 0.379. The van der Waals surface area contributed by atoms with Crippen LogP contribution in [0.2, 0.25) is 0 Å². The molecular formula is C10H14N2O. The molecule has 0 radical (unpaired) electrons. The minimum Gasteiger partial charge on any atom is -0.399 e. The van der Waals surface area contributed by atoms with Crippen molar-refractivity contribution >= 4 is 11.6 Å². The van der Waals surface area contributed by atoms with E-state index >= 15 is 0 Å². The molecule has 0 aliphatic carbocycles. The fraction of sp³-hybridized carbons (Fsp3) is 0.300. The first-order chi connectivity index (χ1) is 6.09. The van der Waals surface area contributed by atoms with Gasteiger partial charge in [-0.1, -0.05) is 19.1 Å². The van der Waals surface area contributed by atoms with Crippen LogP contribution < -0.4 is 11.5 Å². The molecule has 1 rings (SSSR count). The van der Waals surface area contributed by atoms with Crippen molar-refractivity contribution in [1.82, 2.24) is 0 Å². The molecule has 0 saturated carbocycles. The molecule has 1 aromatic rings.